The zero-order valence-corrected chi connectivity index (χ0v) is 16.1. The van der Waals surface area contributed by atoms with E-state index in [-0.39, 0.29) is 24.0 Å². The number of H-pyrrole nitrogens is 1. The highest BCUT2D eigenvalue weighted by Crippen LogP contribution is 2.10. The van der Waals surface area contributed by atoms with E-state index in [9.17, 15) is 0 Å². The van der Waals surface area contributed by atoms with E-state index in [1.807, 2.05) is 31.2 Å². The number of imidazole rings is 1. The Morgan fingerprint density at radius 2 is 2.09 bits per heavy atom. The van der Waals surface area contributed by atoms with Crippen LogP contribution < -0.4 is 10.6 Å². The Hall–Kier alpha value is -1.35. The fourth-order valence-corrected chi connectivity index (χ4v) is 2.13. The van der Waals surface area contributed by atoms with E-state index in [1.165, 1.54) is 0 Å². The SMILES string of the molecule is CCNC(=NCCOCC)NCCc1nc2ccccc2[nH]1.I. The summed E-state index contributed by atoms with van der Waals surface area (Å²) in [7, 11) is 0. The van der Waals surface area contributed by atoms with Crippen molar-refractivity contribution in [2.45, 2.75) is 20.3 Å². The zero-order valence-electron chi connectivity index (χ0n) is 13.8. The number of fused-ring (bicyclic) bond motifs is 1. The molecule has 3 N–H and O–H groups in total. The van der Waals surface area contributed by atoms with Gasteiger partial charge in [-0.1, -0.05) is 12.1 Å². The molecule has 0 saturated heterocycles. The minimum absolute atomic E-state index is 0. The highest BCUT2D eigenvalue weighted by atomic mass is 127. The number of para-hydroxylation sites is 2. The molecule has 2 rings (SSSR count). The molecule has 7 heteroatoms. The summed E-state index contributed by atoms with van der Waals surface area (Å²) in [6, 6.07) is 8.07. The number of benzene rings is 1. The molecule has 0 unspecified atom stereocenters. The molecule has 1 aromatic heterocycles. The number of rotatable bonds is 8. The molecular weight excluding hydrogens is 405 g/mol. The average molecular weight is 431 g/mol. The van der Waals surface area contributed by atoms with E-state index in [4.69, 9.17) is 4.74 Å². The van der Waals surface area contributed by atoms with Crippen LogP contribution >= 0.6 is 24.0 Å². The van der Waals surface area contributed by atoms with E-state index in [0.29, 0.717) is 13.2 Å². The number of aromatic nitrogens is 2. The highest BCUT2D eigenvalue weighted by Gasteiger charge is 2.02. The molecule has 0 aliphatic heterocycles. The van der Waals surface area contributed by atoms with Crippen LogP contribution in [0.2, 0.25) is 0 Å². The fourth-order valence-electron chi connectivity index (χ4n) is 2.13. The van der Waals surface area contributed by atoms with Crippen LogP contribution in [0.4, 0.5) is 0 Å². The molecule has 0 radical (unpaired) electrons. The third-order valence-electron chi connectivity index (χ3n) is 3.15. The van der Waals surface area contributed by atoms with Crippen molar-refractivity contribution in [1.29, 1.82) is 0 Å². The number of nitrogens with zero attached hydrogens (tertiary/aromatic N) is 2. The van der Waals surface area contributed by atoms with Gasteiger partial charge >= 0.3 is 0 Å². The first-order valence-electron chi connectivity index (χ1n) is 7.87. The Bertz CT molecular complexity index is 566. The maximum absolute atomic E-state index is 5.29. The molecule has 1 aromatic carbocycles. The number of hydrogen-bond acceptors (Lipinski definition) is 3. The minimum Gasteiger partial charge on any atom is -0.380 e. The molecule has 0 spiro atoms. The van der Waals surface area contributed by atoms with Crippen molar-refractivity contribution < 1.29 is 4.74 Å². The number of nitrogens with one attached hydrogen (secondary N) is 3. The molecule has 23 heavy (non-hydrogen) atoms. The summed E-state index contributed by atoms with van der Waals surface area (Å²) in [6.45, 7) is 7.70. The molecule has 0 amide bonds. The second-order valence-corrected chi connectivity index (χ2v) is 4.84. The van der Waals surface area contributed by atoms with Crippen molar-refractivity contribution in [2.24, 2.45) is 4.99 Å². The van der Waals surface area contributed by atoms with Gasteiger partial charge in [0.05, 0.1) is 24.2 Å². The first-order valence-corrected chi connectivity index (χ1v) is 7.87. The van der Waals surface area contributed by atoms with Crippen LogP contribution in [0.15, 0.2) is 29.3 Å². The van der Waals surface area contributed by atoms with Gasteiger partial charge in [-0.2, -0.15) is 0 Å². The Morgan fingerprint density at radius 1 is 1.26 bits per heavy atom. The molecule has 6 nitrogen and oxygen atoms in total. The lowest BCUT2D eigenvalue weighted by Crippen LogP contribution is -2.38. The average Bonchev–Trinajstić information content (AvgIpc) is 2.94. The van der Waals surface area contributed by atoms with Gasteiger partial charge in [0.1, 0.15) is 5.82 Å². The van der Waals surface area contributed by atoms with Gasteiger partial charge in [-0.05, 0) is 26.0 Å². The van der Waals surface area contributed by atoms with Crippen molar-refractivity contribution in [3.8, 4) is 0 Å². The Labute approximate surface area is 154 Å². The van der Waals surface area contributed by atoms with Gasteiger partial charge in [0, 0.05) is 26.1 Å². The van der Waals surface area contributed by atoms with Crippen molar-refractivity contribution in [1.82, 2.24) is 20.6 Å². The third kappa shape index (κ3) is 6.74. The van der Waals surface area contributed by atoms with E-state index in [0.717, 1.165) is 48.9 Å². The van der Waals surface area contributed by atoms with Gasteiger partial charge in [0.2, 0.25) is 0 Å². The smallest absolute Gasteiger partial charge is 0.191 e. The van der Waals surface area contributed by atoms with Gasteiger partial charge in [0.25, 0.3) is 0 Å². The minimum atomic E-state index is 0. The van der Waals surface area contributed by atoms with E-state index in [2.05, 4.69) is 32.5 Å². The molecule has 128 valence electrons. The largest absolute Gasteiger partial charge is 0.380 e. The van der Waals surface area contributed by atoms with Crippen molar-refractivity contribution in [2.75, 3.05) is 32.8 Å². The molecule has 0 fully saturated rings. The quantitative estimate of drug-likeness (QED) is 0.260. The number of hydrogen-bond donors (Lipinski definition) is 3. The van der Waals surface area contributed by atoms with E-state index in [1.54, 1.807) is 0 Å². The number of aromatic amines is 1. The first kappa shape index (κ1) is 19.7. The summed E-state index contributed by atoms with van der Waals surface area (Å²) < 4.78 is 5.29. The highest BCUT2D eigenvalue weighted by molar-refractivity contribution is 14.0. The summed E-state index contributed by atoms with van der Waals surface area (Å²) in [4.78, 5) is 12.4. The van der Waals surface area contributed by atoms with Crippen LogP contribution in [0.1, 0.15) is 19.7 Å². The van der Waals surface area contributed by atoms with Crippen LogP contribution in [-0.2, 0) is 11.2 Å². The molecule has 1 heterocycles. The lowest BCUT2D eigenvalue weighted by atomic mass is 10.3. The second-order valence-electron chi connectivity index (χ2n) is 4.84. The van der Waals surface area contributed by atoms with Crippen LogP contribution in [0.3, 0.4) is 0 Å². The maximum Gasteiger partial charge on any atom is 0.191 e. The lowest BCUT2D eigenvalue weighted by Gasteiger charge is -2.10. The second kappa shape index (κ2) is 11.2. The molecule has 0 aliphatic carbocycles. The van der Waals surface area contributed by atoms with Gasteiger partial charge in [0.15, 0.2) is 5.96 Å². The van der Waals surface area contributed by atoms with Crippen molar-refractivity contribution in [3.63, 3.8) is 0 Å². The van der Waals surface area contributed by atoms with E-state index < -0.39 is 0 Å². The molecule has 0 aliphatic rings. The van der Waals surface area contributed by atoms with Crippen molar-refractivity contribution in [3.05, 3.63) is 30.1 Å². The normalized spacial score (nSPS) is 11.3. The molecular formula is C16H26IN5O. The van der Waals surface area contributed by atoms with Gasteiger partial charge in [-0.15, -0.1) is 24.0 Å². The van der Waals surface area contributed by atoms with Crippen LogP contribution in [0, 0.1) is 0 Å². The molecule has 2 aromatic rings. The predicted molar refractivity (Wildman–Crippen MR) is 106 cm³/mol. The Morgan fingerprint density at radius 3 is 2.83 bits per heavy atom. The van der Waals surface area contributed by atoms with Gasteiger partial charge in [-0.25, -0.2) is 4.98 Å². The van der Waals surface area contributed by atoms with Crippen molar-refractivity contribution >= 4 is 41.0 Å². The van der Waals surface area contributed by atoms with E-state index >= 15 is 0 Å². The number of ether oxygens (including phenoxy) is 1. The monoisotopic (exact) mass is 431 g/mol. The first-order chi connectivity index (χ1) is 10.8. The molecule has 0 atom stereocenters. The third-order valence-corrected chi connectivity index (χ3v) is 3.15. The Kier molecular flexibility index (Phi) is 9.61. The predicted octanol–water partition coefficient (Wildman–Crippen LogP) is 2.31. The number of halogens is 1. The summed E-state index contributed by atoms with van der Waals surface area (Å²) >= 11 is 0. The molecule has 0 saturated carbocycles. The van der Waals surface area contributed by atoms with Crippen LogP contribution in [0.25, 0.3) is 11.0 Å². The maximum atomic E-state index is 5.29. The van der Waals surface area contributed by atoms with Crippen LogP contribution in [-0.4, -0.2) is 48.8 Å². The number of aliphatic imine (C=N–C) groups is 1. The standard InChI is InChI=1S/C16H25N5O.HI/c1-3-17-16(19-11-12-22-4-2)18-10-9-15-20-13-7-5-6-8-14(13)21-15;/h5-8H,3-4,9-12H2,1-2H3,(H,20,21)(H2,17,18,19);1H. The van der Waals surface area contributed by atoms with Gasteiger partial charge < -0.3 is 20.4 Å². The fraction of sp³-hybridized carbons (Fsp3) is 0.500. The van der Waals surface area contributed by atoms with Gasteiger partial charge in [-0.3, -0.25) is 4.99 Å². The summed E-state index contributed by atoms with van der Waals surface area (Å²) in [6.07, 6.45) is 0.824. The lowest BCUT2D eigenvalue weighted by molar-refractivity contribution is 0.155. The summed E-state index contributed by atoms with van der Waals surface area (Å²) in [5.74, 6) is 1.80. The summed E-state index contributed by atoms with van der Waals surface area (Å²) in [5, 5.41) is 6.54. The molecule has 0 bridgehead atoms. The topological polar surface area (TPSA) is 74.3 Å². The zero-order chi connectivity index (χ0) is 15.6. The summed E-state index contributed by atoms with van der Waals surface area (Å²) in [5.41, 5.74) is 2.09. The Balaban J connectivity index is 0.00000264. The van der Waals surface area contributed by atoms with Crippen LogP contribution in [0.5, 0.6) is 0 Å². The number of guanidine groups is 1.